The van der Waals surface area contributed by atoms with E-state index in [0.29, 0.717) is 0 Å². The standard InChI is InChI=1S/C3H8O4S.C2H2O/c1-8(5,6)7-3-2-4;1-2-3/h4H,2-3H2,1H3;1H2. The van der Waals surface area contributed by atoms with Gasteiger partial charge in [-0.3, -0.25) is 4.18 Å². The zero-order valence-electron chi connectivity index (χ0n) is 6.11. The Morgan fingerprint density at radius 3 is 2.09 bits per heavy atom. The molecule has 11 heavy (non-hydrogen) atoms. The van der Waals surface area contributed by atoms with E-state index in [1.165, 1.54) is 5.94 Å². The zero-order chi connectivity index (χ0) is 9.33. The lowest BCUT2D eigenvalue weighted by Gasteiger charge is -1.93. The van der Waals surface area contributed by atoms with Crippen LogP contribution >= 0.6 is 0 Å². The van der Waals surface area contributed by atoms with Gasteiger partial charge in [-0.1, -0.05) is 0 Å². The second-order valence-electron chi connectivity index (χ2n) is 1.39. The smallest absolute Gasteiger partial charge is 0.264 e. The quantitative estimate of drug-likeness (QED) is 0.445. The van der Waals surface area contributed by atoms with Crippen LogP contribution in [0.2, 0.25) is 0 Å². The van der Waals surface area contributed by atoms with Gasteiger partial charge < -0.3 is 5.11 Å². The summed E-state index contributed by atoms with van der Waals surface area (Å²) < 4.78 is 24.2. The maximum atomic E-state index is 10.1. The SMILES string of the molecule is C=C=O.CS(=O)(=O)OCCO. The van der Waals surface area contributed by atoms with Crippen molar-refractivity contribution in [1.29, 1.82) is 0 Å². The van der Waals surface area contributed by atoms with E-state index in [2.05, 4.69) is 10.8 Å². The molecule has 0 unspecified atom stereocenters. The summed E-state index contributed by atoms with van der Waals surface area (Å²) in [6.07, 6.45) is 0.933. The molecule has 0 amide bonds. The Bertz CT molecular complexity index is 199. The Balaban J connectivity index is 0. The van der Waals surface area contributed by atoms with Crippen LogP contribution in [0, 0.1) is 0 Å². The van der Waals surface area contributed by atoms with E-state index >= 15 is 0 Å². The summed E-state index contributed by atoms with van der Waals surface area (Å²) in [7, 11) is -3.35. The van der Waals surface area contributed by atoms with E-state index < -0.39 is 10.1 Å². The van der Waals surface area contributed by atoms with Gasteiger partial charge >= 0.3 is 0 Å². The molecule has 0 aromatic carbocycles. The highest BCUT2D eigenvalue weighted by molar-refractivity contribution is 7.85. The Morgan fingerprint density at radius 2 is 2.00 bits per heavy atom. The van der Waals surface area contributed by atoms with E-state index in [1.54, 1.807) is 0 Å². The van der Waals surface area contributed by atoms with Crippen LogP contribution in [0.5, 0.6) is 0 Å². The number of aliphatic hydroxyl groups is 1. The molecule has 66 valence electrons. The van der Waals surface area contributed by atoms with E-state index in [-0.39, 0.29) is 13.2 Å². The molecule has 0 atom stereocenters. The Kier molecular flexibility index (Phi) is 8.74. The lowest BCUT2D eigenvalue weighted by atomic mass is 10.8. The molecule has 0 heterocycles. The van der Waals surface area contributed by atoms with Gasteiger partial charge in [0.25, 0.3) is 10.1 Å². The fourth-order valence-corrected chi connectivity index (χ4v) is 0.566. The third kappa shape index (κ3) is 26.8. The average molecular weight is 182 g/mol. The molecule has 1 N–H and O–H groups in total. The van der Waals surface area contributed by atoms with Gasteiger partial charge in [-0.15, -0.1) is 0 Å². The van der Waals surface area contributed by atoms with Gasteiger partial charge in [-0.2, -0.15) is 8.42 Å². The fourth-order valence-electron chi connectivity index (χ4n) is 0.189. The maximum absolute atomic E-state index is 10.1. The molecule has 0 fully saturated rings. The normalized spacial score (nSPS) is 9.27. The van der Waals surface area contributed by atoms with Crippen molar-refractivity contribution in [3.8, 4) is 0 Å². The highest BCUT2D eigenvalue weighted by Crippen LogP contribution is 1.82. The number of hydrogen-bond donors (Lipinski definition) is 1. The Morgan fingerprint density at radius 1 is 1.64 bits per heavy atom. The maximum Gasteiger partial charge on any atom is 0.264 e. The molecule has 0 rings (SSSR count). The first-order chi connectivity index (χ1) is 4.97. The van der Waals surface area contributed by atoms with Gasteiger partial charge in [0.1, 0.15) is 5.94 Å². The van der Waals surface area contributed by atoms with Crippen LogP contribution in [0.3, 0.4) is 0 Å². The third-order valence-corrected chi connectivity index (χ3v) is 0.984. The summed E-state index contributed by atoms with van der Waals surface area (Å²) in [6.45, 7) is 2.26. The van der Waals surface area contributed by atoms with Gasteiger partial charge in [-0.25, -0.2) is 4.79 Å². The van der Waals surface area contributed by atoms with Crippen LogP contribution in [0.1, 0.15) is 0 Å². The summed E-state index contributed by atoms with van der Waals surface area (Å²) in [5, 5.41) is 8.04. The lowest BCUT2D eigenvalue weighted by molar-refractivity contribution is 0.206. The molecule has 0 radical (unpaired) electrons. The highest BCUT2D eigenvalue weighted by Gasteiger charge is 1.97. The van der Waals surface area contributed by atoms with Gasteiger partial charge in [0.2, 0.25) is 0 Å². The van der Waals surface area contributed by atoms with Gasteiger partial charge in [-0.05, 0) is 6.58 Å². The van der Waals surface area contributed by atoms with Crippen molar-refractivity contribution < 1.29 is 22.5 Å². The van der Waals surface area contributed by atoms with Crippen LogP contribution in [0.15, 0.2) is 6.58 Å². The molecular formula is C5H10O5S. The minimum Gasteiger partial charge on any atom is -0.394 e. The predicted molar refractivity (Wildman–Crippen MR) is 39.2 cm³/mol. The minimum absolute atomic E-state index is 0.154. The number of aliphatic hydroxyl groups excluding tert-OH is 1. The molecular weight excluding hydrogens is 172 g/mol. The number of hydrogen-bond acceptors (Lipinski definition) is 5. The highest BCUT2D eigenvalue weighted by atomic mass is 32.2. The van der Waals surface area contributed by atoms with Crippen molar-refractivity contribution in [2.24, 2.45) is 0 Å². The summed E-state index contributed by atoms with van der Waals surface area (Å²) in [5.41, 5.74) is 0. The van der Waals surface area contributed by atoms with Gasteiger partial charge in [0, 0.05) is 0 Å². The average Bonchev–Trinajstić information content (AvgIpc) is 1.84. The van der Waals surface area contributed by atoms with Crippen molar-refractivity contribution >= 4 is 16.1 Å². The van der Waals surface area contributed by atoms with E-state index in [1.807, 2.05) is 0 Å². The molecule has 0 aliphatic rings. The molecule has 6 heteroatoms. The summed E-state index contributed by atoms with van der Waals surface area (Å²) in [6, 6.07) is 0. The summed E-state index contributed by atoms with van der Waals surface area (Å²) >= 11 is 0. The first-order valence-corrected chi connectivity index (χ1v) is 4.39. The second-order valence-corrected chi connectivity index (χ2v) is 3.04. The Hall–Kier alpha value is -0.680. The van der Waals surface area contributed by atoms with Crippen LogP contribution in [0.25, 0.3) is 0 Å². The molecule has 0 aromatic heterocycles. The van der Waals surface area contributed by atoms with Crippen molar-refractivity contribution in [2.75, 3.05) is 19.5 Å². The fraction of sp³-hybridized carbons (Fsp3) is 0.600. The summed E-state index contributed by atoms with van der Waals surface area (Å²) in [5.74, 6) is 1.25. The molecule has 5 nitrogen and oxygen atoms in total. The molecule has 0 bridgehead atoms. The topological polar surface area (TPSA) is 80.7 Å². The molecule has 0 saturated heterocycles. The minimum atomic E-state index is -3.35. The third-order valence-electron chi connectivity index (χ3n) is 0.389. The van der Waals surface area contributed by atoms with Crippen LogP contribution in [-0.4, -0.2) is 38.9 Å². The first kappa shape index (κ1) is 12.9. The van der Waals surface area contributed by atoms with Crippen LogP contribution in [-0.2, 0) is 19.1 Å². The van der Waals surface area contributed by atoms with E-state index in [4.69, 9.17) is 9.90 Å². The van der Waals surface area contributed by atoms with Crippen molar-refractivity contribution in [3.63, 3.8) is 0 Å². The van der Waals surface area contributed by atoms with Crippen LogP contribution in [0.4, 0.5) is 0 Å². The van der Waals surface area contributed by atoms with E-state index in [0.717, 1.165) is 6.26 Å². The van der Waals surface area contributed by atoms with Crippen molar-refractivity contribution in [1.82, 2.24) is 0 Å². The van der Waals surface area contributed by atoms with Crippen molar-refractivity contribution in [2.45, 2.75) is 0 Å². The largest absolute Gasteiger partial charge is 0.394 e. The lowest BCUT2D eigenvalue weighted by Crippen LogP contribution is -2.06. The zero-order valence-corrected chi connectivity index (χ0v) is 6.93. The van der Waals surface area contributed by atoms with E-state index in [9.17, 15) is 8.42 Å². The first-order valence-electron chi connectivity index (χ1n) is 2.57. The van der Waals surface area contributed by atoms with Gasteiger partial charge in [0.15, 0.2) is 0 Å². The molecule has 0 spiro atoms. The van der Waals surface area contributed by atoms with Crippen molar-refractivity contribution in [3.05, 3.63) is 6.58 Å². The second kappa shape index (κ2) is 7.43. The molecule has 0 saturated carbocycles. The molecule has 0 aliphatic heterocycles. The number of rotatable bonds is 3. The molecule has 0 aliphatic carbocycles. The van der Waals surface area contributed by atoms with Crippen LogP contribution < -0.4 is 0 Å². The Labute approximate surface area is 65.4 Å². The summed E-state index contributed by atoms with van der Waals surface area (Å²) in [4.78, 5) is 8.57. The van der Waals surface area contributed by atoms with Gasteiger partial charge in [0.05, 0.1) is 19.5 Å². The predicted octanol–water partition coefficient (Wildman–Crippen LogP) is -1.04. The number of carbonyl (C=O) groups excluding carboxylic acids is 1. The monoisotopic (exact) mass is 182 g/mol. The molecule has 0 aromatic rings.